The zero-order valence-electron chi connectivity index (χ0n) is 11.2. The first-order valence-corrected chi connectivity index (χ1v) is 6.24. The minimum absolute atomic E-state index is 0.173. The van der Waals surface area contributed by atoms with Gasteiger partial charge in [-0.25, -0.2) is 0 Å². The second-order valence-corrected chi connectivity index (χ2v) is 4.31. The lowest BCUT2D eigenvalue weighted by Crippen LogP contribution is -2.11. The highest BCUT2D eigenvalue weighted by molar-refractivity contribution is 5.40. The molecule has 0 aromatic heterocycles. The summed E-state index contributed by atoms with van der Waals surface area (Å²) in [5, 5.41) is 3.14. The molecule has 3 heteroatoms. The van der Waals surface area contributed by atoms with Crippen molar-refractivity contribution in [1.82, 2.24) is 5.32 Å². The van der Waals surface area contributed by atoms with Gasteiger partial charge in [-0.3, -0.25) is 0 Å². The van der Waals surface area contributed by atoms with Crippen LogP contribution in [0.1, 0.15) is 32.8 Å². The van der Waals surface area contributed by atoms with Crippen LogP contribution < -0.4 is 14.8 Å². The fourth-order valence-electron chi connectivity index (χ4n) is 1.54. The fourth-order valence-corrected chi connectivity index (χ4v) is 1.54. The zero-order valence-corrected chi connectivity index (χ0v) is 11.2. The Balaban J connectivity index is 2.84. The summed E-state index contributed by atoms with van der Waals surface area (Å²) in [6.45, 7) is 7.70. The van der Waals surface area contributed by atoms with E-state index in [1.54, 1.807) is 0 Å². The Labute approximate surface area is 104 Å². The average Bonchev–Trinajstić information content (AvgIpc) is 2.29. The monoisotopic (exact) mass is 237 g/mol. The molecule has 1 N–H and O–H groups in total. The van der Waals surface area contributed by atoms with Gasteiger partial charge >= 0.3 is 0 Å². The van der Waals surface area contributed by atoms with Crippen molar-refractivity contribution in [2.75, 3.05) is 13.7 Å². The maximum Gasteiger partial charge on any atom is 0.127 e. The molecule has 96 valence electrons. The standard InChI is InChI=1S/C14H23NO2/c1-5-8-16-13-7-6-12(10-15-4)14(9-13)17-11(2)3/h6-7,9,11,15H,5,8,10H2,1-4H3. The van der Waals surface area contributed by atoms with E-state index in [0.29, 0.717) is 0 Å². The highest BCUT2D eigenvalue weighted by Gasteiger charge is 2.07. The maximum absolute atomic E-state index is 5.80. The van der Waals surface area contributed by atoms with Gasteiger partial charge in [-0.15, -0.1) is 0 Å². The highest BCUT2D eigenvalue weighted by Crippen LogP contribution is 2.26. The average molecular weight is 237 g/mol. The number of hydrogen-bond acceptors (Lipinski definition) is 3. The number of rotatable bonds is 7. The first-order chi connectivity index (χ1) is 8.17. The molecule has 0 aliphatic carbocycles. The van der Waals surface area contributed by atoms with E-state index in [1.165, 1.54) is 0 Å². The van der Waals surface area contributed by atoms with Crippen molar-refractivity contribution in [3.63, 3.8) is 0 Å². The minimum Gasteiger partial charge on any atom is -0.493 e. The van der Waals surface area contributed by atoms with Gasteiger partial charge in [0.15, 0.2) is 0 Å². The summed E-state index contributed by atoms with van der Waals surface area (Å²) in [6.07, 6.45) is 1.19. The molecule has 0 saturated carbocycles. The maximum atomic E-state index is 5.80. The second kappa shape index (κ2) is 7.17. The van der Waals surface area contributed by atoms with E-state index in [4.69, 9.17) is 9.47 Å². The molecule has 0 bridgehead atoms. The Morgan fingerprint density at radius 2 is 2.06 bits per heavy atom. The molecule has 0 heterocycles. The van der Waals surface area contributed by atoms with Crippen LogP contribution >= 0.6 is 0 Å². The van der Waals surface area contributed by atoms with Gasteiger partial charge in [0.2, 0.25) is 0 Å². The van der Waals surface area contributed by atoms with Crippen LogP contribution in [-0.2, 0) is 6.54 Å². The molecule has 0 fully saturated rings. The molecule has 0 saturated heterocycles. The van der Waals surface area contributed by atoms with Crippen LogP contribution in [0.25, 0.3) is 0 Å². The number of hydrogen-bond donors (Lipinski definition) is 1. The molecule has 3 nitrogen and oxygen atoms in total. The molecule has 0 atom stereocenters. The van der Waals surface area contributed by atoms with Gasteiger partial charge in [-0.2, -0.15) is 0 Å². The minimum atomic E-state index is 0.173. The lowest BCUT2D eigenvalue weighted by atomic mass is 10.2. The number of ether oxygens (including phenoxy) is 2. The van der Waals surface area contributed by atoms with Gasteiger partial charge in [0.25, 0.3) is 0 Å². The Morgan fingerprint density at radius 1 is 1.29 bits per heavy atom. The Bertz CT molecular complexity index is 337. The first-order valence-electron chi connectivity index (χ1n) is 6.24. The lowest BCUT2D eigenvalue weighted by Gasteiger charge is -2.15. The van der Waals surface area contributed by atoms with Crippen LogP contribution in [0.3, 0.4) is 0 Å². The summed E-state index contributed by atoms with van der Waals surface area (Å²) in [4.78, 5) is 0. The van der Waals surface area contributed by atoms with Gasteiger partial charge in [0.05, 0.1) is 12.7 Å². The lowest BCUT2D eigenvalue weighted by molar-refractivity contribution is 0.237. The molecule has 0 radical (unpaired) electrons. The molecule has 0 aliphatic heterocycles. The van der Waals surface area contributed by atoms with Gasteiger partial charge in [-0.05, 0) is 33.4 Å². The van der Waals surface area contributed by atoms with E-state index in [1.807, 2.05) is 33.0 Å². The second-order valence-electron chi connectivity index (χ2n) is 4.31. The van der Waals surface area contributed by atoms with E-state index in [-0.39, 0.29) is 6.10 Å². The topological polar surface area (TPSA) is 30.5 Å². The van der Waals surface area contributed by atoms with Crippen LogP contribution in [0, 0.1) is 0 Å². The van der Waals surface area contributed by atoms with Gasteiger partial charge < -0.3 is 14.8 Å². The van der Waals surface area contributed by atoms with Crippen LogP contribution in [0.2, 0.25) is 0 Å². The van der Waals surface area contributed by atoms with Crippen molar-refractivity contribution in [2.24, 2.45) is 0 Å². The summed E-state index contributed by atoms with van der Waals surface area (Å²) < 4.78 is 11.4. The molecule has 0 unspecified atom stereocenters. The molecule has 1 aromatic rings. The van der Waals surface area contributed by atoms with E-state index in [0.717, 1.165) is 36.6 Å². The predicted molar refractivity (Wildman–Crippen MR) is 70.8 cm³/mol. The highest BCUT2D eigenvalue weighted by atomic mass is 16.5. The summed E-state index contributed by atoms with van der Waals surface area (Å²) in [5.74, 6) is 1.78. The predicted octanol–water partition coefficient (Wildman–Crippen LogP) is 2.98. The van der Waals surface area contributed by atoms with Crippen molar-refractivity contribution in [1.29, 1.82) is 0 Å². The number of benzene rings is 1. The van der Waals surface area contributed by atoms with E-state index in [2.05, 4.69) is 18.3 Å². The Hall–Kier alpha value is -1.22. The quantitative estimate of drug-likeness (QED) is 0.791. The van der Waals surface area contributed by atoms with E-state index < -0.39 is 0 Å². The third-order valence-corrected chi connectivity index (χ3v) is 2.24. The first kappa shape index (κ1) is 13.8. The largest absolute Gasteiger partial charge is 0.493 e. The Kier molecular flexibility index (Phi) is 5.84. The summed E-state index contributed by atoms with van der Waals surface area (Å²) in [7, 11) is 1.93. The van der Waals surface area contributed by atoms with Crippen molar-refractivity contribution in [2.45, 2.75) is 39.8 Å². The van der Waals surface area contributed by atoms with Crippen LogP contribution in [0.15, 0.2) is 18.2 Å². The van der Waals surface area contributed by atoms with Crippen molar-refractivity contribution in [3.05, 3.63) is 23.8 Å². The molecule has 17 heavy (non-hydrogen) atoms. The van der Waals surface area contributed by atoms with Gasteiger partial charge in [0, 0.05) is 18.2 Å². The molecule has 0 amide bonds. The molecular formula is C14H23NO2. The third kappa shape index (κ3) is 4.65. The summed E-state index contributed by atoms with van der Waals surface area (Å²) in [5.41, 5.74) is 1.16. The van der Waals surface area contributed by atoms with Crippen molar-refractivity contribution < 1.29 is 9.47 Å². The molecular weight excluding hydrogens is 214 g/mol. The fraction of sp³-hybridized carbons (Fsp3) is 0.571. The smallest absolute Gasteiger partial charge is 0.127 e. The normalized spacial score (nSPS) is 10.6. The third-order valence-electron chi connectivity index (χ3n) is 2.24. The molecule has 1 rings (SSSR count). The Morgan fingerprint density at radius 3 is 2.65 bits per heavy atom. The van der Waals surface area contributed by atoms with E-state index in [9.17, 15) is 0 Å². The number of nitrogens with one attached hydrogen (secondary N) is 1. The van der Waals surface area contributed by atoms with Crippen LogP contribution in [-0.4, -0.2) is 19.8 Å². The molecule has 0 aliphatic rings. The van der Waals surface area contributed by atoms with Crippen molar-refractivity contribution >= 4 is 0 Å². The summed E-state index contributed by atoms with van der Waals surface area (Å²) in [6, 6.07) is 6.02. The van der Waals surface area contributed by atoms with Gasteiger partial charge in [-0.1, -0.05) is 13.0 Å². The molecule has 1 aromatic carbocycles. The van der Waals surface area contributed by atoms with Gasteiger partial charge in [0.1, 0.15) is 11.5 Å². The van der Waals surface area contributed by atoms with Crippen LogP contribution in [0.4, 0.5) is 0 Å². The molecule has 0 spiro atoms. The SMILES string of the molecule is CCCOc1ccc(CNC)c(OC(C)C)c1. The zero-order chi connectivity index (χ0) is 12.7. The summed E-state index contributed by atoms with van der Waals surface area (Å²) >= 11 is 0. The van der Waals surface area contributed by atoms with Crippen molar-refractivity contribution in [3.8, 4) is 11.5 Å². The van der Waals surface area contributed by atoms with Crippen LogP contribution in [0.5, 0.6) is 11.5 Å². The van der Waals surface area contributed by atoms with E-state index >= 15 is 0 Å².